The Kier molecular flexibility index (Phi) is 10.2. The Morgan fingerprint density at radius 2 is 1.59 bits per heavy atom. The largest absolute Gasteiger partial charge is 0.490 e. The fraction of sp³-hybridized carbons (Fsp3) is 0.550. The minimum absolute atomic E-state index is 0.235. The normalized spacial score (nSPS) is 20.1. The number of carboxylic acid groups (broad SMARTS) is 2. The average molecular weight is 542 g/mol. The third-order valence-corrected chi connectivity index (χ3v) is 5.27. The molecule has 2 saturated heterocycles. The summed E-state index contributed by atoms with van der Waals surface area (Å²) < 4.78 is 71.6. The predicted octanol–water partition coefficient (Wildman–Crippen LogP) is 1.81. The van der Waals surface area contributed by atoms with Gasteiger partial charge in [0, 0.05) is 58.1 Å². The van der Waals surface area contributed by atoms with Crippen molar-refractivity contribution in [1.29, 1.82) is 0 Å². The maximum Gasteiger partial charge on any atom is 0.490 e. The van der Waals surface area contributed by atoms with Crippen LogP contribution in [-0.2, 0) is 23.2 Å². The monoisotopic (exact) mass is 542 g/mol. The number of alkyl halides is 6. The Morgan fingerprint density at radius 3 is 2.08 bits per heavy atom. The Balaban J connectivity index is 0.000000286. The summed E-state index contributed by atoms with van der Waals surface area (Å²) in [6.45, 7) is 5.18. The van der Waals surface area contributed by atoms with E-state index in [4.69, 9.17) is 24.5 Å². The second kappa shape index (κ2) is 12.7. The Morgan fingerprint density at radius 1 is 1.03 bits per heavy atom. The van der Waals surface area contributed by atoms with E-state index in [1.807, 2.05) is 12.4 Å². The summed E-state index contributed by atoms with van der Waals surface area (Å²) >= 11 is 0. The first kappa shape index (κ1) is 29.8. The number of fused-ring (bicyclic) bond motifs is 1. The summed E-state index contributed by atoms with van der Waals surface area (Å²) in [5.74, 6) is -3.62. The molecular formula is C20H24F6N6O5. The van der Waals surface area contributed by atoms with Crippen LogP contribution in [-0.4, -0.2) is 102 Å². The second-order valence-corrected chi connectivity index (χ2v) is 7.99. The highest BCUT2D eigenvalue weighted by molar-refractivity contribution is 5.73. The number of nitrogens with zero attached hydrogens (tertiary/aromatic N) is 6. The molecule has 0 bridgehead atoms. The number of halogens is 6. The van der Waals surface area contributed by atoms with Crippen molar-refractivity contribution in [1.82, 2.24) is 29.3 Å². The van der Waals surface area contributed by atoms with Crippen molar-refractivity contribution in [3.63, 3.8) is 0 Å². The molecule has 206 valence electrons. The van der Waals surface area contributed by atoms with E-state index in [0.29, 0.717) is 6.04 Å². The lowest BCUT2D eigenvalue weighted by atomic mass is 10.1. The summed E-state index contributed by atoms with van der Waals surface area (Å²) in [6, 6.07) is 0.568. The summed E-state index contributed by atoms with van der Waals surface area (Å²) in [5, 5.41) is 14.2. The lowest BCUT2D eigenvalue weighted by Gasteiger charge is -2.36. The zero-order valence-corrected chi connectivity index (χ0v) is 19.4. The maximum absolute atomic E-state index is 10.6. The lowest BCUT2D eigenvalue weighted by Crippen LogP contribution is -2.49. The van der Waals surface area contributed by atoms with Crippen LogP contribution < -0.4 is 4.74 Å². The van der Waals surface area contributed by atoms with Crippen LogP contribution in [0.2, 0.25) is 0 Å². The van der Waals surface area contributed by atoms with E-state index in [1.54, 1.807) is 12.4 Å². The first-order chi connectivity index (χ1) is 17.2. The molecule has 4 rings (SSSR count). The number of aromatic nitrogens is 4. The number of aryl methyl sites for hydroxylation is 1. The molecular weight excluding hydrogens is 518 g/mol. The first-order valence-corrected chi connectivity index (χ1v) is 10.6. The number of aliphatic carboxylic acids is 2. The van der Waals surface area contributed by atoms with Gasteiger partial charge in [-0.05, 0) is 0 Å². The first-order valence-electron chi connectivity index (χ1n) is 10.6. The molecule has 0 aliphatic carbocycles. The number of imidazole rings is 1. The van der Waals surface area contributed by atoms with Gasteiger partial charge in [0.1, 0.15) is 18.3 Å². The average Bonchev–Trinajstić information content (AvgIpc) is 3.39. The summed E-state index contributed by atoms with van der Waals surface area (Å²) in [6.07, 6.45) is 0.000681. The fourth-order valence-electron chi connectivity index (χ4n) is 3.58. The number of carbonyl (C=O) groups is 2. The van der Waals surface area contributed by atoms with Crippen molar-refractivity contribution >= 4 is 11.9 Å². The molecule has 2 atom stereocenters. The molecule has 2 aliphatic rings. The number of hydrogen-bond acceptors (Lipinski definition) is 8. The zero-order valence-electron chi connectivity index (χ0n) is 19.4. The van der Waals surface area contributed by atoms with Gasteiger partial charge in [-0.25, -0.2) is 24.5 Å². The summed E-state index contributed by atoms with van der Waals surface area (Å²) in [7, 11) is 2.06. The van der Waals surface area contributed by atoms with Crippen LogP contribution in [0.15, 0.2) is 31.1 Å². The number of ether oxygens (including phenoxy) is 1. The van der Waals surface area contributed by atoms with E-state index < -0.39 is 24.3 Å². The summed E-state index contributed by atoms with van der Waals surface area (Å²) in [5.41, 5.74) is 0. The van der Waals surface area contributed by atoms with E-state index in [1.165, 1.54) is 6.33 Å². The number of piperazine rings is 1. The van der Waals surface area contributed by atoms with Gasteiger partial charge >= 0.3 is 24.3 Å². The minimum Gasteiger partial charge on any atom is -0.486 e. The molecule has 0 radical (unpaired) electrons. The molecule has 0 spiro atoms. The van der Waals surface area contributed by atoms with Crippen LogP contribution >= 0.6 is 0 Å². The van der Waals surface area contributed by atoms with E-state index in [9.17, 15) is 26.3 Å². The molecule has 2 aromatic rings. The van der Waals surface area contributed by atoms with Gasteiger partial charge in [0.05, 0.1) is 18.9 Å². The van der Waals surface area contributed by atoms with Gasteiger partial charge in [-0.3, -0.25) is 9.80 Å². The molecule has 17 heteroatoms. The van der Waals surface area contributed by atoms with E-state index in [0.717, 1.165) is 50.7 Å². The van der Waals surface area contributed by atoms with Crippen LogP contribution in [0.3, 0.4) is 0 Å². The highest BCUT2D eigenvalue weighted by atomic mass is 19.4. The molecule has 0 unspecified atom stereocenters. The van der Waals surface area contributed by atoms with Gasteiger partial charge in [-0.1, -0.05) is 0 Å². The molecule has 2 N–H and O–H groups in total. The topological polar surface area (TPSA) is 134 Å². The van der Waals surface area contributed by atoms with Gasteiger partial charge in [0.25, 0.3) is 0 Å². The van der Waals surface area contributed by atoms with Crippen molar-refractivity contribution in [3.8, 4) is 5.75 Å². The third kappa shape index (κ3) is 9.83. The summed E-state index contributed by atoms with van der Waals surface area (Å²) in [4.78, 5) is 35.3. The van der Waals surface area contributed by atoms with Crippen molar-refractivity contribution < 1.29 is 50.9 Å². The molecule has 0 saturated carbocycles. The molecule has 37 heavy (non-hydrogen) atoms. The second-order valence-electron chi connectivity index (χ2n) is 7.99. The van der Waals surface area contributed by atoms with Gasteiger partial charge in [0.15, 0.2) is 5.75 Å². The quantitative estimate of drug-likeness (QED) is 0.551. The van der Waals surface area contributed by atoms with Gasteiger partial charge < -0.3 is 19.5 Å². The van der Waals surface area contributed by atoms with Crippen LogP contribution in [0.1, 0.15) is 12.2 Å². The smallest absolute Gasteiger partial charge is 0.486 e. The van der Waals surface area contributed by atoms with Crippen LogP contribution in [0, 0.1) is 0 Å². The van der Waals surface area contributed by atoms with Crippen LogP contribution in [0.4, 0.5) is 26.3 Å². The standard InChI is InChI=1S/C16H22N6O.2C2HF3O2/c1-20-3-2-19-16(20)11-21-4-5-22-10-14(6-13(22)9-21)23-15-7-17-12-18-8-15;2*3-2(4,5)1(6)7/h2-3,7-8,12-14H,4-6,9-11H2,1H3;2*(H,6,7)/t13-,14+;;/m0../s1. The van der Waals surface area contributed by atoms with Crippen molar-refractivity contribution in [2.45, 2.75) is 37.5 Å². The van der Waals surface area contributed by atoms with Gasteiger partial charge in [-0.2, -0.15) is 26.3 Å². The number of rotatable bonds is 4. The SMILES string of the molecule is Cn1ccnc1CN1CCN2C[C@H](Oc3cncnc3)C[C@H]2C1.O=C(O)C(F)(F)F.O=C(O)C(F)(F)F. The third-order valence-electron chi connectivity index (χ3n) is 5.27. The highest BCUT2D eigenvalue weighted by Gasteiger charge is 2.39. The van der Waals surface area contributed by atoms with Crippen molar-refractivity contribution in [2.24, 2.45) is 7.05 Å². The highest BCUT2D eigenvalue weighted by Crippen LogP contribution is 2.26. The van der Waals surface area contributed by atoms with Crippen molar-refractivity contribution in [2.75, 3.05) is 26.2 Å². The lowest BCUT2D eigenvalue weighted by molar-refractivity contribution is -0.193. The van der Waals surface area contributed by atoms with Gasteiger partial charge in [-0.15, -0.1) is 0 Å². The molecule has 11 nitrogen and oxygen atoms in total. The molecule has 0 aromatic carbocycles. The van der Waals surface area contributed by atoms with Gasteiger partial charge in [0.2, 0.25) is 0 Å². The predicted molar refractivity (Wildman–Crippen MR) is 112 cm³/mol. The van der Waals surface area contributed by atoms with E-state index in [-0.39, 0.29) is 6.10 Å². The Bertz CT molecular complexity index is 995. The Hall–Kier alpha value is -3.47. The zero-order chi connectivity index (χ0) is 27.8. The fourth-order valence-corrected chi connectivity index (χ4v) is 3.58. The van der Waals surface area contributed by atoms with Crippen LogP contribution in [0.5, 0.6) is 5.75 Å². The molecule has 2 fully saturated rings. The Labute approximate surface area is 206 Å². The molecule has 4 heterocycles. The minimum atomic E-state index is -5.08. The molecule has 2 aromatic heterocycles. The molecule has 2 aliphatic heterocycles. The van der Waals surface area contributed by atoms with Crippen molar-refractivity contribution in [3.05, 3.63) is 36.9 Å². The number of carboxylic acids is 2. The molecule has 0 amide bonds. The number of hydrogen-bond donors (Lipinski definition) is 2. The van der Waals surface area contributed by atoms with Crippen LogP contribution in [0.25, 0.3) is 0 Å². The van der Waals surface area contributed by atoms with E-state index in [2.05, 4.69) is 36.4 Å². The maximum atomic E-state index is 10.6. The van der Waals surface area contributed by atoms with E-state index >= 15 is 0 Å².